The van der Waals surface area contributed by atoms with Gasteiger partial charge in [0.1, 0.15) is 17.4 Å². The normalized spacial score (nSPS) is 12.2. The number of para-hydroxylation sites is 1. The van der Waals surface area contributed by atoms with E-state index in [0.29, 0.717) is 25.5 Å². The zero-order chi connectivity index (χ0) is 28.7. The van der Waals surface area contributed by atoms with Crippen LogP contribution in [0.25, 0.3) is 11.4 Å². The van der Waals surface area contributed by atoms with Gasteiger partial charge in [-0.25, -0.2) is 14.4 Å². The SMILES string of the molecule is CCCCn1c(CN(Cc2ccc3c(c2)OCO3)Cc2cccnc2Oc2ccccc2)cnc1-c1ccc(F)cc1. The Morgan fingerprint density at radius 1 is 0.881 bits per heavy atom. The first-order valence-electron chi connectivity index (χ1n) is 14.2. The molecule has 0 bridgehead atoms. The number of nitrogens with zero attached hydrogens (tertiary/aromatic N) is 4. The Balaban J connectivity index is 1.32. The van der Waals surface area contributed by atoms with E-state index in [2.05, 4.69) is 33.5 Å². The zero-order valence-corrected chi connectivity index (χ0v) is 23.6. The van der Waals surface area contributed by atoms with E-state index in [1.807, 2.05) is 54.7 Å². The molecule has 0 radical (unpaired) electrons. The number of fused-ring (bicyclic) bond motifs is 1. The molecule has 214 valence electrons. The lowest BCUT2D eigenvalue weighted by Crippen LogP contribution is -2.24. The number of hydrogen-bond acceptors (Lipinski definition) is 6. The van der Waals surface area contributed by atoms with Crippen molar-refractivity contribution in [2.24, 2.45) is 0 Å². The smallest absolute Gasteiger partial charge is 0.231 e. The largest absolute Gasteiger partial charge is 0.454 e. The molecule has 3 aromatic carbocycles. The first-order chi connectivity index (χ1) is 20.7. The second kappa shape index (κ2) is 12.9. The van der Waals surface area contributed by atoms with Gasteiger partial charge in [0.05, 0.1) is 11.9 Å². The molecule has 0 spiro atoms. The summed E-state index contributed by atoms with van der Waals surface area (Å²) >= 11 is 0. The van der Waals surface area contributed by atoms with Crippen molar-refractivity contribution in [2.45, 2.75) is 45.9 Å². The van der Waals surface area contributed by atoms with Gasteiger partial charge < -0.3 is 18.8 Å². The fourth-order valence-corrected chi connectivity index (χ4v) is 5.10. The number of aromatic nitrogens is 3. The Bertz CT molecular complexity index is 1620. The standard InChI is InChI=1S/C34H33FN4O3/c1-2-3-18-39-29(20-37-33(39)26-12-14-28(35)15-13-26)23-38(21-25-11-16-31-32(19-25)41-24-40-31)22-27-8-7-17-36-34(27)42-30-9-5-4-6-10-30/h4-17,19-20H,2-3,18,21-24H2,1H3. The highest BCUT2D eigenvalue weighted by Crippen LogP contribution is 2.33. The van der Waals surface area contributed by atoms with Gasteiger partial charge in [0.15, 0.2) is 11.5 Å². The molecule has 6 rings (SSSR count). The Morgan fingerprint density at radius 2 is 1.71 bits per heavy atom. The van der Waals surface area contributed by atoms with E-state index in [4.69, 9.17) is 19.2 Å². The van der Waals surface area contributed by atoms with Crippen molar-refractivity contribution in [1.82, 2.24) is 19.4 Å². The first kappa shape index (κ1) is 27.5. The molecular formula is C34H33FN4O3. The van der Waals surface area contributed by atoms with E-state index in [-0.39, 0.29) is 12.6 Å². The van der Waals surface area contributed by atoms with Gasteiger partial charge in [-0.15, -0.1) is 0 Å². The van der Waals surface area contributed by atoms with Crippen LogP contribution in [0.4, 0.5) is 4.39 Å². The maximum absolute atomic E-state index is 13.7. The molecule has 0 saturated heterocycles. The Morgan fingerprint density at radius 3 is 2.55 bits per heavy atom. The Labute approximate surface area is 245 Å². The zero-order valence-electron chi connectivity index (χ0n) is 23.6. The highest BCUT2D eigenvalue weighted by atomic mass is 19.1. The lowest BCUT2D eigenvalue weighted by molar-refractivity contribution is 0.174. The number of hydrogen-bond donors (Lipinski definition) is 0. The molecular weight excluding hydrogens is 531 g/mol. The van der Waals surface area contributed by atoms with E-state index in [0.717, 1.165) is 64.8 Å². The molecule has 0 atom stereocenters. The summed E-state index contributed by atoms with van der Waals surface area (Å²) in [5, 5.41) is 0. The van der Waals surface area contributed by atoms with Crippen LogP contribution in [0.2, 0.25) is 0 Å². The van der Waals surface area contributed by atoms with Crippen molar-refractivity contribution in [2.75, 3.05) is 6.79 Å². The monoisotopic (exact) mass is 564 g/mol. The van der Waals surface area contributed by atoms with Crippen molar-refractivity contribution >= 4 is 0 Å². The van der Waals surface area contributed by atoms with Crippen LogP contribution in [0.5, 0.6) is 23.1 Å². The molecule has 3 heterocycles. The highest BCUT2D eigenvalue weighted by molar-refractivity contribution is 5.56. The summed E-state index contributed by atoms with van der Waals surface area (Å²) in [4.78, 5) is 11.7. The minimum absolute atomic E-state index is 0.237. The van der Waals surface area contributed by atoms with Crippen molar-refractivity contribution in [1.29, 1.82) is 0 Å². The molecule has 1 aliphatic heterocycles. The Hall–Kier alpha value is -4.69. The summed E-state index contributed by atoms with van der Waals surface area (Å²) in [5.41, 5.74) is 4.05. The fraction of sp³-hybridized carbons (Fsp3) is 0.235. The van der Waals surface area contributed by atoms with Gasteiger partial charge in [-0.2, -0.15) is 0 Å². The third-order valence-electron chi connectivity index (χ3n) is 7.21. The van der Waals surface area contributed by atoms with Crippen LogP contribution in [-0.2, 0) is 26.2 Å². The summed E-state index contributed by atoms with van der Waals surface area (Å²) in [5.74, 6) is 3.42. The number of rotatable bonds is 12. The van der Waals surface area contributed by atoms with Crippen molar-refractivity contribution < 1.29 is 18.6 Å². The summed E-state index contributed by atoms with van der Waals surface area (Å²) in [6.45, 7) is 5.12. The predicted octanol–water partition coefficient (Wildman–Crippen LogP) is 7.61. The first-order valence-corrected chi connectivity index (χ1v) is 14.2. The van der Waals surface area contributed by atoms with Gasteiger partial charge in [-0.05, 0) is 66.6 Å². The van der Waals surface area contributed by atoms with Crippen molar-refractivity contribution in [3.8, 4) is 34.5 Å². The van der Waals surface area contributed by atoms with E-state index in [9.17, 15) is 4.39 Å². The van der Waals surface area contributed by atoms with Crippen LogP contribution in [-0.4, -0.2) is 26.2 Å². The summed E-state index contributed by atoms with van der Waals surface area (Å²) in [7, 11) is 0. The summed E-state index contributed by atoms with van der Waals surface area (Å²) in [6, 6.07) is 26.3. The molecule has 0 aliphatic carbocycles. The number of pyridine rings is 1. The van der Waals surface area contributed by atoms with Crippen LogP contribution in [0.1, 0.15) is 36.6 Å². The van der Waals surface area contributed by atoms with Gasteiger partial charge >= 0.3 is 0 Å². The molecule has 0 N–H and O–H groups in total. The molecule has 0 amide bonds. The van der Waals surface area contributed by atoms with Crippen LogP contribution in [0, 0.1) is 5.82 Å². The van der Waals surface area contributed by atoms with Gasteiger partial charge in [-0.1, -0.05) is 43.7 Å². The number of halogens is 1. The van der Waals surface area contributed by atoms with E-state index in [1.54, 1.807) is 18.3 Å². The summed E-state index contributed by atoms with van der Waals surface area (Å²) < 4.78 is 33.3. The molecule has 0 unspecified atom stereocenters. The van der Waals surface area contributed by atoms with Crippen LogP contribution in [0.3, 0.4) is 0 Å². The third kappa shape index (κ3) is 6.44. The maximum Gasteiger partial charge on any atom is 0.231 e. The highest BCUT2D eigenvalue weighted by Gasteiger charge is 2.20. The fourth-order valence-electron chi connectivity index (χ4n) is 5.10. The molecule has 0 fully saturated rings. The number of imidazole rings is 1. The molecule has 2 aromatic heterocycles. The predicted molar refractivity (Wildman–Crippen MR) is 159 cm³/mol. The molecule has 1 aliphatic rings. The second-order valence-electron chi connectivity index (χ2n) is 10.3. The van der Waals surface area contributed by atoms with E-state index < -0.39 is 0 Å². The lowest BCUT2D eigenvalue weighted by Gasteiger charge is -2.24. The molecule has 7 nitrogen and oxygen atoms in total. The quantitative estimate of drug-likeness (QED) is 0.155. The van der Waals surface area contributed by atoms with Gasteiger partial charge in [0.25, 0.3) is 0 Å². The van der Waals surface area contributed by atoms with Crippen LogP contribution in [0.15, 0.2) is 97.3 Å². The van der Waals surface area contributed by atoms with E-state index >= 15 is 0 Å². The lowest BCUT2D eigenvalue weighted by atomic mass is 10.1. The van der Waals surface area contributed by atoms with Gasteiger partial charge in [-0.3, -0.25) is 4.90 Å². The average molecular weight is 565 g/mol. The molecule has 5 aromatic rings. The molecule has 42 heavy (non-hydrogen) atoms. The van der Waals surface area contributed by atoms with Gasteiger partial charge in [0, 0.05) is 43.5 Å². The topological polar surface area (TPSA) is 61.6 Å². The number of ether oxygens (including phenoxy) is 3. The molecule has 0 saturated carbocycles. The van der Waals surface area contributed by atoms with Crippen molar-refractivity contribution in [3.63, 3.8) is 0 Å². The minimum Gasteiger partial charge on any atom is -0.454 e. The second-order valence-corrected chi connectivity index (χ2v) is 10.3. The minimum atomic E-state index is -0.259. The van der Waals surface area contributed by atoms with Crippen molar-refractivity contribution in [3.05, 3.63) is 120 Å². The average Bonchev–Trinajstić information content (AvgIpc) is 3.64. The van der Waals surface area contributed by atoms with Gasteiger partial charge in [0.2, 0.25) is 12.7 Å². The number of benzene rings is 3. The number of unbranched alkanes of at least 4 members (excludes halogenated alkanes) is 1. The molecule has 8 heteroatoms. The van der Waals surface area contributed by atoms with Crippen LogP contribution >= 0.6 is 0 Å². The maximum atomic E-state index is 13.7. The summed E-state index contributed by atoms with van der Waals surface area (Å²) in [6.07, 6.45) is 5.75. The van der Waals surface area contributed by atoms with Crippen LogP contribution < -0.4 is 14.2 Å². The van der Waals surface area contributed by atoms with E-state index in [1.165, 1.54) is 12.1 Å². The Kier molecular flexibility index (Phi) is 8.42. The third-order valence-corrected chi connectivity index (χ3v) is 7.21.